The molecule has 0 bridgehead atoms. The Labute approximate surface area is 199 Å². The largest absolute Gasteiger partial charge is 0.497 e. The molecule has 0 aliphatic heterocycles. The highest BCUT2D eigenvalue weighted by Gasteiger charge is 2.16. The van der Waals surface area contributed by atoms with Crippen molar-refractivity contribution in [3.8, 4) is 22.8 Å². The molecule has 0 unspecified atom stereocenters. The lowest BCUT2D eigenvalue weighted by Gasteiger charge is -2.20. The first-order valence-corrected chi connectivity index (χ1v) is 10.8. The third-order valence-corrected chi connectivity index (χ3v) is 4.69. The predicted octanol–water partition coefficient (Wildman–Crippen LogP) is 4.25. The van der Waals surface area contributed by atoms with Crippen LogP contribution in [-0.4, -0.2) is 47.6 Å². The number of aromatic nitrogens is 2. The summed E-state index contributed by atoms with van der Waals surface area (Å²) >= 11 is 0. The van der Waals surface area contributed by atoms with Gasteiger partial charge in [-0.3, -0.25) is 9.48 Å². The third kappa shape index (κ3) is 6.74. The normalized spacial score (nSPS) is 11.0. The minimum absolute atomic E-state index is 0.236. The average molecular weight is 467 g/mol. The SMILES string of the molecule is COc1cccc(C(=O)Nc2ccc(OCCNC(=O)OC(C)(C)C)c(-c3ccnn3C)c2)c1. The van der Waals surface area contributed by atoms with Gasteiger partial charge in [-0.1, -0.05) is 6.07 Å². The number of carbonyl (C=O) groups excluding carboxylic acids is 2. The Morgan fingerprint density at radius 3 is 2.56 bits per heavy atom. The van der Waals surface area contributed by atoms with E-state index in [0.29, 0.717) is 22.7 Å². The quantitative estimate of drug-likeness (QED) is 0.481. The van der Waals surface area contributed by atoms with Crippen molar-refractivity contribution < 1.29 is 23.8 Å². The Hall–Kier alpha value is -4.01. The number of hydrogen-bond acceptors (Lipinski definition) is 6. The van der Waals surface area contributed by atoms with Crippen molar-refractivity contribution in [1.29, 1.82) is 0 Å². The van der Waals surface area contributed by atoms with Crippen LogP contribution in [0.5, 0.6) is 11.5 Å². The van der Waals surface area contributed by atoms with Crippen molar-refractivity contribution in [2.75, 3.05) is 25.6 Å². The highest BCUT2D eigenvalue weighted by atomic mass is 16.6. The van der Waals surface area contributed by atoms with Crippen molar-refractivity contribution in [2.45, 2.75) is 26.4 Å². The molecule has 2 aromatic carbocycles. The van der Waals surface area contributed by atoms with Crippen molar-refractivity contribution in [3.63, 3.8) is 0 Å². The van der Waals surface area contributed by atoms with Gasteiger partial charge < -0.3 is 24.8 Å². The molecule has 3 rings (SSSR count). The minimum Gasteiger partial charge on any atom is -0.497 e. The summed E-state index contributed by atoms with van der Waals surface area (Å²) in [6.07, 6.45) is 1.18. The predicted molar refractivity (Wildman–Crippen MR) is 129 cm³/mol. The Balaban J connectivity index is 1.73. The van der Waals surface area contributed by atoms with Crippen LogP contribution in [-0.2, 0) is 11.8 Å². The highest BCUT2D eigenvalue weighted by molar-refractivity contribution is 6.04. The summed E-state index contributed by atoms with van der Waals surface area (Å²) in [5, 5.41) is 9.81. The summed E-state index contributed by atoms with van der Waals surface area (Å²) in [6, 6.07) is 14.1. The number of nitrogens with zero attached hydrogens (tertiary/aromatic N) is 2. The zero-order valence-electron chi connectivity index (χ0n) is 20.0. The van der Waals surface area contributed by atoms with Gasteiger partial charge >= 0.3 is 6.09 Å². The lowest BCUT2D eigenvalue weighted by atomic mass is 10.1. The topological polar surface area (TPSA) is 104 Å². The molecule has 9 nitrogen and oxygen atoms in total. The maximum atomic E-state index is 12.7. The van der Waals surface area contributed by atoms with E-state index in [-0.39, 0.29) is 19.1 Å². The summed E-state index contributed by atoms with van der Waals surface area (Å²) in [4.78, 5) is 24.6. The van der Waals surface area contributed by atoms with Gasteiger partial charge in [0.25, 0.3) is 5.91 Å². The molecule has 0 radical (unpaired) electrons. The smallest absolute Gasteiger partial charge is 0.407 e. The average Bonchev–Trinajstić information content (AvgIpc) is 3.21. The molecule has 0 aliphatic rings. The fourth-order valence-electron chi connectivity index (χ4n) is 3.17. The Morgan fingerprint density at radius 1 is 1.09 bits per heavy atom. The van der Waals surface area contributed by atoms with Crippen molar-refractivity contribution in [3.05, 3.63) is 60.3 Å². The van der Waals surface area contributed by atoms with E-state index in [1.54, 1.807) is 75.2 Å². The van der Waals surface area contributed by atoms with E-state index in [4.69, 9.17) is 14.2 Å². The number of rotatable bonds is 8. The number of amides is 2. The first-order valence-electron chi connectivity index (χ1n) is 10.8. The van der Waals surface area contributed by atoms with E-state index in [0.717, 1.165) is 11.3 Å². The lowest BCUT2D eigenvalue weighted by Crippen LogP contribution is -2.34. The molecule has 34 heavy (non-hydrogen) atoms. The Bertz CT molecular complexity index is 1150. The molecule has 0 fully saturated rings. The van der Waals surface area contributed by atoms with E-state index in [9.17, 15) is 9.59 Å². The van der Waals surface area contributed by atoms with Gasteiger partial charge in [0, 0.05) is 30.1 Å². The molecule has 2 amide bonds. The second-order valence-corrected chi connectivity index (χ2v) is 8.51. The molecule has 180 valence electrons. The van der Waals surface area contributed by atoms with Crippen LogP contribution in [0.4, 0.5) is 10.5 Å². The molecule has 0 saturated heterocycles. The standard InChI is InChI=1S/C25H30N4O5/c1-25(2,3)34-24(31)26-13-14-33-22-10-9-18(16-20(22)21-11-12-27-29(21)4)28-23(30)17-7-6-8-19(15-17)32-5/h6-12,15-16H,13-14H2,1-5H3,(H,26,31)(H,28,30). The van der Waals surface area contributed by atoms with E-state index in [1.807, 2.05) is 19.2 Å². The molecule has 3 aromatic rings. The molecular weight excluding hydrogens is 436 g/mol. The number of anilines is 1. The zero-order chi connectivity index (χ0) is 24.7. The highest BCUT2D eigenvalue weighted by Crippen LogP contribution is 2.32. The molecule has 0 spiro atoms. The van der Waals surface area contributed by atoms with Crippen LogP contribution in [0.3, 0.4) is 0 Å². The molecule has 0 atom stereocenters. The van der Waals surface area contributed by atoms with Gasteiger partial charge in [0.1, 0.15) is 23.7 Å². The zero-order valence-corrected chi connectivity index (χ0v) is 20.0. The maximum absolute atomic E-state index is 12.7. The van der Waals surface area contributed by atoms with Crippen LogP contribution in [0.25, 0.3) is 11.3 Å². The van der Waals surface area contributed by atoms with Gasteiger partial charge in [-0.2, -0.15) is 5.10 Å². The monoisotopic (exact) mass is 466 g/mol. The van der Waals surface area contributed by atoms with Crippen LogP contribution in [0.15, 0.2) is 54.7 Å². The van der Waals surface area contributed by atoms with Gasteiger partial charge in [0.15, 0.2) is 0 Å². The molecular formula is C25H30N4O5. The Morgan fingerprint density at radius 2 is 1.88 bits per heavy atom. The second kappa shape index (κ2) is 10.7. The van der Waals surface area contributed by atoms with Gasteiger partial charge in [0.05, 0.1) is 19.3 Å². The summed E-state index contributed by atoms with van der Waals surface area (Å²) in [5.41, 5.74) is 2.08. The number of nitrogens with one attached hydrogen (secondary N) is 2. The molecule has 9 heteroatoms. The lowest BCUT2D eigenvalue weighted by molar-refractivity contribution is 0.0520. The number of benzene rings is 2. The number of hydrogen-bond donors (Lipinski definition) is 2. The first-order chi connectivity index (χ1) is 16.2. The number of carbonyl (C=O) groups is 2. The van der Waals surface area contributed by atoms with Crippen LogP contribution in [0, 0.1) is 0 Å². The van der Waals surface area contributed by atoms with E-state index < -0.39 is 11.7 Å². The van der Waals surface area contributed by atoms with Crippen LogP contribution in [0.1, 0.15) is 31.1 Å². The molecule has 0 aliphatic carbocycles. The van der Waals surface area contributed by atoms with Crippen molar-refractivity contribution >= 4 is 17.7 Å². The number of ether oxygens (including phenoxy) is 3. The second-order valence-electron chi connectivity index (χ2n) is 8.51. The Kier molecular flexibility index (Phi) is 7.78. The van der Waals surface area contributed by atoms with Gasteiger partial charge in [-0.15, -0.1) is 0 Å². The van der Waals surface area contributed by atoms with Gasteiger partial charge in [-0.25, -0.2) is 4.79 Å². The minimum atomic E-state index is -0.567. The van der Waals surface area contributed by atoms with Crippen LogP contribution >= 0.6 is 0 Å². The molecule has 1 aromatic heterocycles. The van der Waals surface area contributed by atoms with Crippen LogP contribution < -0.4 is 20.1 Å². The van der Waals surface area contributed by atoms with Gasteiger partial charge in [0.2, 0.25) is 0 Å². The summed E-state index contributed by atoms with van der Waals surface area (Å²) in [7, 11) is 3.38. The van der Waals surface area contributed by atoms with Gasteiger partial charge in [-0.05, 0) is 63.2 Å². The van der Waals surface area contributed by atoms with E-state index in [2.05, 4.69) is 15.7 Å². The summed E-state index contributed by atoms with van der Waals surface area (Å²) in [6.45, 7) is 5.92. The van der Waals surface area contributed by atoms with Crippen molar-refractivity contribution in [2.24, 2.45) is 7.05 Å². The molecule has 2 N–H and O–H groups in total. The van der Waals surface area contributed by atoms with Crippen LogP contribution in [0.2, 0.25) is 0 Å². The fourth-order valence-corrected chi connectivity index (χ4v) is 3.17. The molecule has 0 saturated carbocycles. The number of alkyl carbamates (subject to hydrolysis) is 1. The molecule has 1 heterocycles. The van der Waals surface area contributed by atoms with E-state index in [1.165, 1.54) is 0 Å². The maximum Gasteiger partial charge on any atom is 0.407 e. The summed E-state index contributed by atoms with van der Waals surface area (Å²) in [5.74, 6) is 0.936. The first kappa shape index (κ1) is 24.6. The van der Waals surface area contributed by atoms with E-state index >= 15 is 0 Å². The number of aryl methyl sites for hydroxylation is 1. The number of methoxy groups -OCH3 is 1. The summed E-state index contributed by atoms with van der Waals surface area (Å²) < 4.78 is 18.1. The third-order valence-electron chi connectivity index (χ3n) is 4.69. The fraction of sp³-hybridized carbons (Fsp3) is 0.320. The van der Waals surface area contributed by atoms with Crippen molar-refractivity contribution in [1.82, 2.24) is 15.1 Å².